The number of rotatable bonds is 4. The van der Waals surface area contributed by atoms with E-state index in [1.165, 1.54) is 6.20 Å². The highest BCUT2D eigenvalue weighted by Gasteiger charge is 2.15. The van der Waals surface area contributed by atoms with Gasteiger partial charge >= 0.3 is 5.97 Å². The maximum atomic E-state index is 12.3. The van der Waals surface area contributed by atoms with E-state index in [9.17, 15) is 4.79 Å². The maximum Gasteiger partial charge on any atom is 0.357 e. The lowest BCUT2D eigenvalue weighted by atomic mass is 10.2. The second kappa shape index (κ2) is 6.45. The summed E-state index contributed by atoms with van der Waals surface area (Å²) in [5, 5.41) is 0.576. The summed E-state index contributed by atoms with van der Waals surface area (Å²) in [6, 6.07) is 16.8. The van der Waals surface area contributed by atoms with Crippen molar-refractivity contribution in [3.8, 4) is 5.69 Å². The molecule has 5 heteroatoms. The molecular weight excluding hydrogens is 300 g/mol. The molecule has 0 N–H and O–H groups in total. The number of ether oxygens (including phenoxy) is 1. The molecule has 0 aliphatic rings. The Kier molecular flexibility index (Phi) is 4.21. The second-order valence-electron chi connectivity index (χ2n) is 4.65. The van der Waals surface area contributed by atoms with Crippen LogP contribution in [0.3, 0.4) is 0 Å². The molecule has 2 aromatic carbocycles. The monoisotopic (exact) mass is 312 g/mol. The van der Waals surface area contributed by atoms with Gasteiger partial charge in [-0.25, -0.2) is 9.78 Å². The lowest BCUT2D eigenvalue weighted by Gasteiger charge is -2.09. The Morgan fingerprint density at radius 1 is 1.09 bits per heavy atom. The fourth-order valence-electron chi connectivity index (χ4n) is 2.07. The van der Waals surface area contributed by atoms with Gasteiger partial charge in [0.1, 0.15) is 6.61 Å². The Morgan fingerprint density at radius 3 is 2.59 bits per heavy atom. The number of hydrogen-bond donors (Lipinski definition) is 0. The van der Waals surface area contributed by atoms with Crippen molar-refractivity contribution in [1.82, 2.24) is 9.55 Å². The van der Waals surface area contributed by atoms with Gasteiger partial charge in [0.05, 0.1) is 12.5 Å². The van der Waals surface area contributed by atoms with Crippen LogP contribution in [-0.2, 0) is 11.3 Å². The van der Waals surface area contributed by atoms with Crippen LogP contribution in [0.1, 0.15) is 16.1 Å². The Morgan fingerprint density at radius 2 is 1.82 bits per heavy atom. The molecule has 1 heterocycles. The third-order valence-electron chi connectivity index (χ3n) is 3.20. The molecule has 3 rings (SSSR count). The van der Waals surface area contributed by atoms with Crippen LogP contribution in [0, 0.1) is 0 Å². The van der Waals surface area contributed by atoms with Crippen molar-refractivity contribution in [1.29, 1.82) is 0 Å². The number of esters is 1. The molecule has 4 nitrogen and oxygen atoms in total. The van der Waals surface area contributed by atoms with E-state index in [0.717, 1.165) is 11.3 Å². The van der Waals surface area contributed by atoms with Gasteiger partial charge < -0.3 is 4.74 Å². The number of carbonyl (C=O) groups is 1. The Balaban J connectivity index is 1.77. The summed E-state index contributed by atoms with van der Waals surface area (Å²) in [6.07, 6.45) is 3.07. The van der Waals surface area contributed by atoms with Crippen LogP contribution < -0.4 is 0 Å². The summed E-state index contributed by atoms with van der Waals surface area (Å²) >= 11 is 6.05. The smallest absolute Gasteiger partial charge is 0.357 e. The lowest BCUT2D eigenvalue weighted by molar-refractivity contribution is 0.0463. The lowest BCUT2D eigenvalue weighted by Crippen LogP contribution is -2.10. The van der Waals surface area contributed by atoms with Crippen LogP contribution in [0.5, 0.6) is 0 Å². The minimum absolute atomic E-state index is 0.123. The molecule has 3 aromatic rings. The summed E-state index contributed by atoms with van der Waals surface area (Å²) in [5.41, 5.74) is 1.99. The number of para-hydroxylation sites is 1. The Bertz CT molecular complexity index is 784. The Labute approximate surface area is 132 Å². The molecule has 0 amide bonds. The van der Waals surface area contributed by atoms with Gasteiger partial charge in [-0.2, -0.15) is 0 Å². The fourth-order valence-corrected chi connectivity index (χ4v) is 2.26. The molecule has 0 bridgehead atoms. The number of carbonyl (C=O) groups excluding carboxylic acids is 1. The third-order valence-corrected chi connectivity index (χ3v) is 3.57. The number of nitrogens with zero attached hydrogens (tertiary/aromatic N) is 2. The zero-order chi connectivity index (χ0) is 15.4. The molecule has 0 fully saturated rings. The van der Waals surface area contributed by atoms with Crippen LogP contribution in [-0.4, -0.2) is 15.5 Å². The number of hydrogen-bond acceptors (Lipinski definition) is 3. The van der Waals surface area contributed by atoms with Gasteiger partial charge in [0.25, 0.3) is 0 Å². The van der Waals surface area contributed by atoms with Crippen molar-refractivity contribution in [3.63, 3.8) is 0 Å². The third kappa shape index (κ3) is 3.02. The largest absolute Gasteiger partial charge is 0.456 e. The average Bonchev–Trinajstić information content (AvgIpc) is 3.04. The van der Waals surface area contributed by atoms with E-state index in [4.69, 9.17) is 16.3 Å². The van der Waals surface area contributed by atoms with Crippen LogP contribution in [0.25, 0.3) is 5.69 Å². The van der Waals surface area contributed by atoms with Crippen molar-refractivity contribution in [2.75, 3.05) is 0 Å². The highest BCUT2D eigenvalue weighted by molar-refractivity contribution is 6.31. The molecule has 0 saturated heterocycles. The highest BCUT2D eigenvalue weighted by atomic mass is 35.5. The maximum absolute atomic E-state index is 12.3. The van der Waals surface area contributed by atoms with Gasteiger partial charge in [-0.15, -0.1) is 0 Å². The summed E-state index contributed by atoms with van der Waals surface area (Å²) in [7, 11) is 0. The molecular formula is C17H13ClN2O2. The van der Waals surface area contributed by atoms with Gasteiger partial charge in [-0.05, 0) is 18.2 Å². The molecule has 110 valence electrons. The fraction of sp³-hybridized carbons (Fsp3) is 0.0588. The Hall–Kier alpha value is -2.59. The molecule has 0 aliphatic carbocycles. The van der Waals surface area contributed by atoms with E-state index in [0.29, 0.717) is 10.7 Å². The first kappa shape index (κ1) is 14.4. The molecule has 0 spiro atoms. The number of aromatic nitrogens is 2. The van der Waals surface area contributed by atoms with Gasteiger partial charge in [0.15, 0.2) is 5.69 Å². The molecule has 0 unspecified atom stereocenters. The first-order chi connectivity index (χ1) is 10.8. The van der Waals surface area contributed by atoms with E-state index in [2.05, 4.69) is 4.98 Å². The summed E-state index contributed by atoms with van der Waals surface area (Å²) in [4.78, 5) is 16.3. The number of imidazole rings is 1. The number of benzene rings is 2. The second-order valence-corrected chi connectivity index (χ2v) is 5.06. The van der Waals surface area contributed by atoms with Gasteiger partial charge in [0, 0.05) is 16.3 Å². The number of halogens is 1. The van der Waals surface area contributed by atoms with E-state index < -0.39 is 5.97 Å². The van der Waals surface area contributed by atoms with E-state index in [-0.39, 0.29) is 6.61 Å². The minimum atomic E-state index is -0.443. The van der Waals surface area contributed by atoms with Gasteiger partial charge in [0.2, 0.25) is 0 Å². The van der Waals surface area contributed by atoms with Crippen molar-refractivity contribution < 1.29 is 9.53 Å². The van der Waals surface area contributed by atoms with Crippen molar-refractivity contribution >= 4 is 17.6 Å². The van der Waals surface area contributed by atoms with Crippen LogP contribution in [0.15, 0.2) is 67.1 Å². The topological polar surface area (TPSA) is 44.1 Å². The first-order valence-electron chi connectivity index (χ1n) is 6.74. The minimum Gasteiger partial charge on any atom is -0.456 e. The summed E-state index contributed by atoms with van der Waals surface area (Å²) < 4.78 is 7.02. The molecule has 1 aromatic heterocycles. The van der Waals surface area contributed by atoms with Crippen molar-refractivity contribution in [2.24, 2.45) is 0 Å². The SMILES string of the molecule is O=C(OCc1ccccc1Cl)c1cncn1-c1ccccc1. The zero-order valence-corrected chi connectivity index (χ0v) is 12.4. The van der Waals surface area contributed by atoms with Gasteiger partial charge in [-0.3, -0.25) is 4.57 Å². The first-order valence-corrected chi connectivity index (χ1v) is 7.12. The van der Waals surface area contributed by atoms with Crippen molar-refractivity contribution in [2.45, 2.75) is 6.61 Å². The molecule has 0 aliphatic heterocycles. The predicted octanol–water partition coefficient (Wildman–Crippen LogP) is 3.88. The summed E-state index contributed by atoms with van der Waals surface area (Å²) in [6.45, 7) is 0.123. The van der Waals surface area contributed by atoms with E-state index in [1.54, 1.807) is 17.0 Å². The van der Waals surface area contributed by atoms with Gasteiger partial charge in [-0.1, -0.05) is 48.0 Å². The van der Waals surface area contributed by atoms with Crippen molar-refractivity contribution in [3.05, 3.63) is 83.4 Å². The highest BCUT2D eigenvalue weighted by Crippen LogP contribution is 2.17. The molecule has 0 radical (unpaired) electrons. The zero-order valence-electron chi connectivity index (χ0n) is 11.6. The van der Waals surface area contributed by atoms with Crippen LogP contribution >= 0.6 is 11.6 Å². The molecule has 0 atom stereocenters. The molecule has 0 saturated carbocycles. The average molecular weight is 313 g/mol. The quantitative estimate of drug-likeness (QED) is 0.687. The molecule has 22 heavy (non-hydrogen) atoms. The summed E-state index contributed by atoms with van der Waals surface area (Å²) in [5.74, 6) is -0.443. The predicted molar refractivity (Wildman–Crippen MR) is 84.1 cm³/mol. The van der Waals surface area contributed by atoms with Crippen LogP contribution in [0.2, 0.25) is 5.02 Å². The van der Waals surface area contributed by atoms with Crippen LogP contribution in [0.4, 0.5) is 0 Å². The van der Waals surface area contributed by atoms with E-state index in [1.807, 2.05) is 48.5 Å². The van der Waals surface area contributed by atoms with E-state index >= 15 is 0 Å². The standard InChI is InChI=1S/C17H13ClN2O2/c18-15-9-5-4-6-13(15)11-22-17(21)16-10-19-12-20(16)14-7-2-1-3-8-14/h1-10,12H,11H2. The normalized spacial score (nSPS) is 10.4.